The Morgan fingerprint density at radius 3 is 2.44 bits per heavy atom. The van der Waals surface area contributed by atoms with Gasteiger partial charge in [-0.15, -0.1) is 0 Å². The summed E-state index contributed by atoms with van der Waals surface area (Å²) in [4.78, 5) is 12.3. The van der Waals surface area contributed by atoms with Crippen molar-refractivity contribution in [2.75, 3.05) is 0 Å². The van der Waals surface area contributed by atoms with Gasteiger partial charge in [0, 0.05) is 14.6 Å². The van der Waals surface area contributed by atoms with Gasteiger partial charge in [0.15, 0.2) is 0 Å². The molecule has 0 spiro atoms. The summed E-state index contributed by atoms with van der Waals surface area (Å²) in [6.07, 6.45) is 4.02. The fraction of sp³-hybridized carbons (Fsp3) is 0.150. The highest BCUT2D eigenvalue weighted by Gasteiger charge is 2.34. The molecule has 2 aromatic carbocycles. The maximum atomic E-state index is 12.3. The van der Waals surface area contributed by atoms with Crippen LogP contribution in [0.2, 0.25) is 0 Å². The Kier molecular flexibility index (Phi) is 4.52. The van der Waals surface area contributed by atoms with Gasteiger partial charge in [0.2, 0.25) is 0 Å². The van der Waals surface area contributed by atoms with E-state index in [0.29, 0.717) is 0 Å². The van der Waals surface area contributed by atoms with Gasteiger partial charge < -0.3 is 10.6 Å². The lowest BCUT2D eigenvalue weighted by Gasteiger charge is -2.28. The second-order valence-corrected chi connectivity index (χ2v) is 7.85. The van der Waals surface area contributed by atoms with Gasteiger partial charge in [-0.3, -0.25) is 0 Å². The minimum absolute atomic E-state index is 0.0931. The zero-order valence-corrected chi connectivity index (χ0v) is 16.5. The van der Waals surface area contributed by atoms with Gasteiger partial charge in [-0.05, 0) is 53.3 Å². The molecule has 4 rings (SSSR count). The number of hydrogen-bond donors (Lipinski definition) is 2. The van der Waals surface area contributed by atoms with E-state index in [9.17, 15) is 4.79 Å². The van der Waals surface area contributed by atoms with Crippen LogP contribution in [-0.2, 0) is 0 Å². The summed E-state index contributed by atoms with van der Waals surface area (Å²) in [6, 6.07) is 15.9. The Morgan fingerprint density at radius 1 is 0.960 bits per heavy atom. The van der Waals surface area contributed by atoms with Gasteiger partial charge >= 0.3 is 6.03 Å². The molecular formula is C20H16Br2N2O. The van der Waals surface area contributed by atoms with Crippen LogP contribution in [0.1, 0.15) is 30.0 Å². The predicted octanol–water partition coefficient (Wildman–Crippen LogP) is 5.70. The van der Waals surface area contributed by atoms with Crippen molar-refractivity contribution in [2.24, 2.45) is 0 Å². The largest absolute Gasteiger partial charge is 0.327 e. The fourth-order valence-corrected chi connectivity index (χ4v) is 4.35. The third-order valence-electron chi connectivity index (χ3n) is 4.62. The topological polar surface area (TPSA) is 41.1 Å². The van der Waals surface area contributed by atoms with Crippen molar-refractivity contribution in [3.05, 3.63) is 85.4 Å². The molecule has 0 aromatic heterocycles. The minimum Gasteiger partial charge on any atom is -0.327 e. The molecule has 126 valence electrons. The highest BCUT2D eigenvalue weighted by Crippen LogP contribution is 2.42. The number of hydrogen-bond acceptors (Lipinski definition) is 1. The summed E-state index contributed by atoms with van der Waals surface area (Å²) in [5.41, 5.74) is 5.60. The van der Waals surface area contributed by atoms with Crippen LogP contribution in [0.3, 0.4) is 0 Å². The number of carbonyl (C=O) groups is 1. The molecule has 2 N–H and O–H groups in total. The van der Waals surface area contributed by atoms with Gasteiger partial charge in [0.1, 0.15) is 0 Å². The van der Waals surface area contributed by atoms with Crippen molar-refractivity contribution in [3.8, 4) is 0 Å². The van der Waals surface area contributed by atoms with E-state index >= 15 is 0 Å². The van der Waals surface area contributed by atoms with Crippen LogP contribution >= 0.6 is 31.9 Å². The molecule has 1 aliphatic carbocycles. The molecule has 1 heterocycles. The number of rotatable bonds is 2. The molecule has 1 atom stereocenters. The molecule has 1 aliphatic heterocycles. The number of benzene rings is 2. The molecule has 0 bridgehead atoms. The van der Waals surface area contributed by atoms with E-state index in [1.165, 1.54) is 11.1 Å². The van der Waals surface area contributed by atoms with Crippen LogP contribution in [0.4, 0.5) is 4.79 Å². The number of amides is 2. The molecule has 2 aliphatic rings. The molecule has 5 heteroatoms. The highest BCUT2D eigenvalue weighted by molar-refractivity contribution is 9.10. The summed E-state index contributed by atoms with van der Waals surface area (Å²) in [5, 5.41) is 6.08. The zero-order valence-electron chi connectivity index (χ0n) is 13.4. The first-order chi connectivity index (χ1) is 12.1. The normalized spacial score (nSPS) is 21.1. The molecular weight excluding hydrogens is 444 g/mol. The van der Waals surface area contributed by atoms with Gasteiger partial charge in [-0.1, -0.05) is 68.3 Å². The Morgan fingerprint density at radius 2 is 1.68 bits per heavy atom. The molecule has 2 amide bonds. The number of nitrogens with one attached hydrogen (secondary N) is 2. The van der Waals surface area contributed by atoms with Crippen LogP contribution in [0, 0.1) is 0 Å². The quantitative estimate of drug-likeness (QED) is 0.594. The van der Waals surface area contributed by atoms with Gasteiger partial charge in [0.05, 0.1) is 6.04 Å². The van der Waals surface area contributed by atoms with E-state index in [4.69, 9.17) is 0 Å². The number of allylic oxidation sites excluding steroid dienone is 1. The van der Waals surface area contributed by atoms with Gasteiger partial charge in [0.25, 0.3) is 0 Å². The maximum absolute atomic E-state index is 12.3. The van der Waals surface area contributed by atoms with Crippen molar-refractivity contribution in [3.63, 3.8) is 0 Å². The van der Waals surface area contributed by atoms with E-state index < -0.39 is 0 Å². The number of carbonyl (C=O) groups excluding carboxylic acids is 1. The summed E-state index contributed by atoms with van der Waals surface area (Å²) in [7, 11) is 0. The lowest BCUT2D eigenvalue weighted by atomic mass is 9.96. The van der Waals surface area contributed by atoms with Crippen LogP contribution in [-0.4, -0.2) is 6.03 Å². The highest BCUT2D eigenvalue weighted by atomic mass is 79.9. The average molecular weight is 460 g/mol. The molecule has 0 saturated heterocycles. The monoisotopic (exact) mass is 458 g/mol. The zero-order chi connectivity index (χ0) is 17.4. The van der Waals surface area contributed by atoms with Crippen LogP contribution in [0.5, 0.6) is 0 Å². The molecule has 1 unspecified atom stereocenters. The lowest BCUT2D eigenvalue weighted by Crippen LogP contribution is -2.43. The van der Waals surface area contributed by atoms with Gasteiger partial charge in [-0.2, -0.15) is 0 Å². The van der Waals surface area contributed by atoms with Crippen molar-refractivity contribution >= 4 is 44.0 Å². The molecule has 0 fully saturated rings. The Balaban J connectivity index is 1.77. The molecule has 0 radical (unpaired) electrons. The van der Waals surface area contributed by atoms with Crippen LogP contribution < -0.4 is 10.6 Å². The van der Waals surface area contributed by atoms with Crippen molar-refractivity contribution in [2.45, 2.75) is 18.9 Å². The predicted molar refractivity (Wildman–Crippen MR) is 107 cm³/mol. The molecule has 0 saturated carbocycles. The van der Waals surface area contributed by atoms with Crippen molar-refractivity contribution in [1.82, 2.24) is 10.6 Å². The minimum atomic E-state index is -0.153. The molecule has 25 heavy (non-hydrogen) atoms. The summed E-state index contributed by atoms with van der Waals surface area (Å²) < 4.78 is 2.07. The van der Waals surface area contributed by atoms with E-state index in [1.54, 1.807) is 0 Å². The second-order valence-electron chi connectivity index (χ2n) is 6.14. The first-order valence-corrected chi connectivity index (χ1v) is 9.72. The van der Waals surface area contributed by atoms with E-state index in [-0.39, 0.29) is 12.1 Å². The van der Waals surface area contributed by atoms with Crippen molar-refractivity contribution in [1.29, 1.82) is 0 Å². The van der Waals surface area contributed by atoms with E-state index in [2.05, 4.69) is 60.7 Å². The first-order valence-electron chi connectivity index (χ1n) is 8.14. The Hall–Kier alpha value is -1.85. The van der Waals surface area contributed by atoms with E-state index in [1.807, 2.05) is 36.4 Å². The molecule has 2 aromatic rings. The first kappa shape index (κ1) is 16.6. The maximum Gasteiger partial charge on any atom is 0.319 e. The number of halogens is 2. The number of urea groups is 1. The standard InChI is InChI=1S/C20H16Br2N2O/c21-16-7-3-1-5-12(16)11-13-9-10-15-18(13)23-20(25)24-19(15)14-6-2-4-8-17(14)22/h1-8,11,19H,9-10H2,(H2,23,24,25)/b13-11+. The SMILES string of the molecule is O=C1NC2=C(CC/C2=C\c2ccccc2Br)C(c2ccccc2Br)N1. The average Bonchev–Trinajstić information content (AvgIpc) is 2.99. The molecule has 3 nitrogen and oxygen atoms in total. The van der Waals surface area contributed by atoms with E-state index in [0.717, 1.165) is 38.6 Å². The summed E-state index contributed by atoms with van der Waals surface area (Å²) in [5.74, 6) is 0. The van der Waals surface area contributed by atoms with Crippen LogP contribution in [0.25, 0.3) is 6.08 Å². The Bertz CT molecular complexity index is 917. The second kappa shape index (κ2) is 6.81. The van der Waals surface area contributed by atoms with Crippen LogP contribution in [0.15, 0.2) is 74.3 Å². The van der Waals surface area contributed by atoms with Crippen molar-refractivity contribution < 1.29 is 4.79 Å². The van der Waals surface area contributed by atoms with Gasteiger partial charge in [-0.25, -0.2) is 4.79 Å². The third kappa shape index (κ3) is 3.18. The summed E-state index contributed by atoms with van der Waals surface area (Å²) >= 11 is 7.21. The Labute approximate surface area is 163 Å². The lowest BCUT2D eigenvalue weighted by molar-refractivity contribution is 0.239. The third-order valence-corrected chi connectivity index (χ3v) is 6.06. The fourth-order valence-electron chi connectivity index (χ4n) is 3.44. The summed E-state index contributed by atoms with van der Waals surface area (Å²) in [6.45, 7) is 0. The smallest absolute Gasteiger partial charge is 0.319 e.